The van der Waals surface area contributed by atoms with Crippen molar-refractivity contribution in [2.75, 3.05) is 13.1 Å². The number of aromatic nitrogens is 3. The normalized spacial score (nSPS) is 23.1. The maximum atomic E-state index is 13.0. The molecule has 1 amide bonds. The molecule has 3 aliphatic heterocycles. The quantitative estimate of drug-likeness (QED) is 0.697. The highest BCUT2D eigenvalue weighted by molar-refractivity contribution is 7.00. The molecule has 6 nitrogen and oxygen atoms in total. The van der Waals surface area contributed by atoms with Gasteiger partial charge in [0.15, 0.2) is 0 Å². The van der Waals surface area contributed by atoms with Crippen molar-refractivity contribution in [1.29, 1.82) is 0 Å². The van der Waals surface area contributed by atoms with Crippen LogP contribution >= 0.6 is 11.7 Å². The van der Waals surface area contributed by atoms with E-state index in [4.69, 9.17) is 0 Å². The molecule has 2 bridgehead atoms. The van der Waals surface area contributed by atoms with E-state index in [1.807, 2.05) is 24.3 Å². The number of amides is 1. The lowest BCUT2D eigenvalue weighted by Crippen LogP contribution is -2.47. The first-order valence-corrected chi connectivity index (χ1v) is 10.1. The SMILES string of the molecule is O=C1[C@H]2CC[C@H](CN(Cc3ccc4nsnc4c3)C2)N1Cc1ccccn1. The Morgan fingerprint density at radius 1 is 1.04 bits per heavy atom. The maximum Gasteiger partial charge on any atom is 0.227 e. The van der Waals surface area contributed by atoms with Gasteiger partial charge < -0.3 is 4.90 Å². The molecule has 0 unspecified atom stereocenters. The van der Waals surface area contributed by atoms with Gasteiger partial charge in [-0.1, -0.05) is 12.1 Å². The third kappa shape index (κ3) is 3.33. The van der Waals surface area contributed by atoms with Gasteiger partial charge in [0.1, 0.15) is 11.0 Å². The van der Waals surface area contributed by atoms with Gasteiger partial charge in [0.2, 0.25) is 5.91 Å². The molecule has 0 saturated carbocycles. The summed E-state index contributed by atoms with van der Waals surface area (Å²) in [5.74, 6) is 0.385. The highest BCUT2D eigenvalue weighted by Crippen LogP contribution is 2.31. The van der Waals surface area contributed by atoms with Gasteiger partial charge in [-0.05, 0) is 42.7 Å². The second-order valence-corrected chi connectivity index (χ2v) is 8.03. The Labute approximate surface area is 162 Å². The molecule has 3 fully saturated rings. The molecule has 5 heterocycles. The van der Waals surface area contributed by atoms with Crippen molar-refractivity contribution in [2.24, 2.45) is 5.92 Å². The minimum absolute atomic E-state index is 0.0946. The van der Waals surface area contributed by atoms with E-state index in [1.54, 1.807) is 6.20 Å². The molecule has 0 N–H and O–H groups in total. The summed E-state index contributed by atoms with van der Waals surface area (Å²) in [7, 11) is 0. The number of hydrogen-bond donors (Lipinski definition) is 0. The fourth-order valence-electron chi connectivity index (χ4n) is 4.32. The first-order valence-electron chi connectivity index (χ1n) is 9.40. The van der Waals surface area contributed by atoms with Crippen LogP contribution in [0.4, 0.5) is 0 Å². The maximum absolute atomic E-state index is 13.0. The van der Waals surface area contributed by atoms with E-state index >= 15 is 0 Å². The summed E-state index contributed by atoms with van der Waals surface area (Å²) in [6, 6.07) is 12.5. The summed E-state index contributed by atoms with van der Waals surface area (Å²) < 4.78 is 8.62. The summed E-state index contributed by atoms with van der Waals surface area (Å²) in [5.41, 5.74) is 4.12. The molecule has 0 aliphatic carbocycles. The Morgan fingerprint density at radius 3 is 2.85 bits per heavy atom. The van der Waals surface area contributed by atoms with Crippen molar-refractivity contribution in [3.05, 3.63) is 53.9 Å². The van der Waals surface area contributed by atoms with Crippen molar-refractivity contribution in [3.63, 3.8) is 0 Å². The van der Waals surface area contributed by atoms with Crippen LogP contribution in [0.3, 0.4) is 0 Å². The second kappa shape index (κ2) is 6.98. The predicted molar refractivity (Wildman–Crippen MR) is 104 cm³/mol. The number of piperidine rings is 1. The Balaban J connectivity index is 1.34. The van der Waals surface area contributed by atoms with Crippen molar-refractivity contribution >= 4 is 28.7 Å². The van der Waals surface area contributed by atoms with Crippen LogP contribution in [-0.4, -0.2) is 48.6 Å². The molecular formula is C20H21N5OS. The average molecular weight is 379 g/mol. The first-order chi connectivity index (χ1) is 13.3. The van der Waals surface area contributed by atoms with E-state index in [1.165, 1.54) is 17.3 Å². The highest BCUT2D eigenvalue weighted by Gasteiger charge is 2.40. The van der Waals surface area contributed by atoms with Gasteiger partial charge in [-0.25, -0.2) is 0 Å². The van der Waals surface area contributed by atoms with E-state index in [0.29, 0.717) is 12.5 Å². The van der Waals surface area contributed by atoms with Crippen LogP contribution in [0.2, 0.25) is 0 Å². The minimum atomic E-state index is 0.0946. The summed E-state index contributed by atoms with van der Waals surface area (Å²) in [6.07, 6.45) is 3.87. The summed E-state index contributed by atoms with van der Waals surface area (Å²) in [5, 5.41) is 0. The number of hydrogen-bond acceptors (Lipinski definition) is 6. The number of benzene rings is 1. The number of nitrogens with zero attached hydrogens (tertiary/aromatic N) is 5. The van der Waals surface area contributed by atoms with Crippen molar-refractivity contribution in [1.82, 2.24) is 23.5 Å². The standard InChI is InChI=1S/C20H21N5OS/c26-20-15-5-6-17(25(20)12-16-3-1-2-8-21-16)13-24(11-15)10-14-4-7-18-19(9-14)23-27-22-18/h1-4,7-9,15,17H,5-6,10-13H2/t15-,17+/m0/s1. The molecule has 0 radical (unpaired) electrons. The van der Waals surface area contributed by atoms with Crippen LogP contribution in [-0.2, 0) is 17.9 Å². The molecule has 138 valence electrons. The van der Waals surface area contributed by atoms with Gasteiger partial charge in [-0.2, -0.15) is 8.75 Å². The zero-order valence-electron chi connectivity index (χ0n) is 15.0. The third-order valence-corrected chi connectivity index (χ3v) is 6.21. The average Bonchev–Trinajstić information content (AvgIpc) is 3.00. The van der Waals surface area contributed by atoms with Gasteiger partial charge in [0.05, 0.1) is 29.9 Å². The first kappa shape index (κ1) is 16.8. The lowest BCUT2D eigenvalue weighted by Gasteiger charge is -2.35. The molecule has 7 heteroatoms. The number of carbonyl (C=O) groups is 1. The second-order valence-electron chi connectivity index (χ2n) is 7.50. The molecule has 2 atom stereocenters. The molecule has 1 aromatic carbocycles. The van der Waals surface area contributed by atoms with E-state index < -0.39 is 0 Å². The van der Waals surface area contributed by atoms with E-state index in [9.17, 15) is 4.79 Å². The predicted octanol–water partition coefficient (Wildman–Crippen LogP) is 2.71. The lowest BCUT2D eigenvalue weighted by molar-refractivity contribution is -0.140. The Hall–Kier alpha value is -2.38. The third-order valence-electron chi connectivity index (χ3n) is 5.65. The van der Waals surface area contributed by atoms with Crippen molar-refractivity contribution in [3.8, 4) is 0 Å². The van der Waals surface area contributed by atoms with E-state index in [0.717, 1.165) is 49.2 Å². The van der Waals surface area contributed by atoms with Crippen molar-refractivity contribution in [2.45, 2.75) is 32.0 Å². The summed E-state index contributed by atoms with van der Waals surface area (Å²) >= 11 is 1.25. The van der Waals surface area contributed by atoms with Crippen LogP contribution in [0.5, 0.6) is 0 Å². The van der Waals surface area contributed by atoms with Gasteiger partial charge >= 0.3 is 0 Å². The fraction of sp³-hybridized carbons (Fsp3) is 0.400. The largest absolute Gasteiger partial charge is 0.332 e. The Morgan fingerprint density at radius 2 is 1.96 bits per heavy atom. The molecule has 2 aromatic heterocycles. The molecule has 6 rings (SSSR count). The fourth-order valence-corrected chi connectivity index (χ4v) is 4.83. The number of carbonyl (C=O) groups excluding carboxylic acids is 1. The van der Waals surface area contributed by atoms with E-state index in [-0.39, 0.29) is 12.0 Å². The summed E-state index contributed by atoms with van der Waals surface area (Å²) in [6.45, 7) is 3.22. The van der Waals surface area contributed by atoms with Crippen LogP contribution in [0.15, 0.2) is 42.6 Å². The van der Waals surface area contributed by atoms with Crippen LogP contribution < -0.4 is 0 Å². The van der Waals surface area contributed by atoms with Gasteiger partial charge in [-0.3, -0.25) is 14.7 Å². The number of fused-ring (bicyclic) bond motifs is 5. The van der Waals surface area contributed by atoms with Gasteiger partial charge in [0.25, 0.3) is 0 Å². The molecule has 3 aromatic rings. The highest BCUT2D eigenvalue weighted by atomic mass is 32.1. The zero-order valence-corrected chi connectivity index (χ0v) is 15.8. The van der Waals surface area contributed by atoms with E-state index in [2.05, 4.69) is 35.7 Å². The van der Waals surface area contributed by atoms with Crippen LogP contribution in [0.1, 0.15) is 24.1 Å². The monoisotopic (exact) mass is 379 g/mol. The van der Waals surface area contributed by atoms with Gasteiger partial charge in [0, 0.05) is 31.9 Å². The van der Waals surface area contributed by atoms with Crippen molar-refractivity contribution < 1.29 is 4.79 Å². The smallest absolute Gasteiger partial charge is 0.227 e. The molecule has 3 aliphatic rings. The van der Waals surface area contributed by atoms with Crippen LogP contribution in [0.25, 0.3) is 11.0 Å². The van der Waals surface area contributed by atoms with Gasteiger partial charge in [-0.15, -0.1) is 0 Å². The lowest BCUT2D eigenvalue weighted by atomic mass is 9.94. The number of rotatable bonds is 4. The Bertz CT molecular complexity index is 959. The van der Waals surface area contributed by atoms with Crippen LogP contribution in [0, 0.1) is 5.92 Å². The Kier molecular flexibility index (Phi) is 4.33. The molecular weight excluding hydrogens is 358 g/mol. The molecule has 27 heavy (non-hydrogen) atoms. The number of pyridine rings is 1. The molecule has 3 saturated heterocycles. The zero-order chi connectivity index (χ0) is 18.2. The molecule has 0 spiro atoms. The topological polar surface area (TPSA) is 62.2 Å². The minimum Gasteiger partial charge on any atom is -0.332 e. The summed E-state index contributed by atoms with van der Waals surface area (Å²) in [4.78, 5) is 21.9.